The van der Waals surface area contributed by atoms with Crippen LogP contribution in [0.3, 0.4) is 0 Å². The fraction of sp³-hybridized carbons (Fsp3) is 0.462. The highest BCUT2D eigenvalue weighted by Gasteiger charge is 2.43. The summed E-state index contributed by atoms with van der Waals surface area (Å²) in [7, 11) is -3.96. The summed E-state index contributed by atoms with van der Waals surface area (Å²) in [4.78, 5) is 10.4. The van der Waals surface area contributed by atoms with Crippen molar-refractivity contribution in [3.05, 3.63) is 29.3 Å². The highest BCUT2D eigenvalue weighted by Crippen LogP contribution is 2.38. The summed E-state index contributed by atoms with van der Waals surface area (Å²) in [6, 6.07) is 2.56. The van der Waals surface area contributed by atoms with Gasteiger partial charge in [-0.1, -0.05) is 0 Å². The molecule has 0 bridgehead atoms. The van der Waals surface area contributed by atoms with Gasteiger partial charge in [-0.15, -0.1) is 0 Å². The van der Waals surface area contributed by atoms with E-state index in [1.165, 1.54) is 6.92 Å². The van der Waals surface area contributed by atoms with Crippen LogP contribution in [0.4, 0.5) is 13.2 Å². The fourth-order valence-corrected chi connectivity index (χ4v) is 3.38. The number of nitrogens with one attached hydrogen (secondary N) is 1. The molecule has 2 atom stereocenters. The number of carboxylic acids is 1. The van der Waals surface area contributed by atoms with Crippen molar-refractivity contribution in [3.8, 4) is 0 Å². The van der Waals surface area contributed by atoms with Gasteiger partial charge in [-0.05, 0) is 43.0 Å². The van der Waals surface area contributed by atoms with Gasteiger partial charge in [0.1, 0.15) is 0 Å². The molecule has 5 nitrogen and oxygen atoms in total. The summed E-state index contributed by atoms with van der Waals surface area (Å²) in [5.41, 5.74) is -1.08. The first-order valence-electron chi connectivity index (χ1n) is 6.42. The second-order valence-corrected chi connectivity index (χ2v) is 7.03. The van der Waals surface area contributed by atoms with Crippen LogP contribution >= 0.6 is 0 Å². The number of rotatable bonds is 5. The van der Waals surface area contributed by atoms with Crippen molar-refractivity contribution in [1.82, 2.24) is 4.72 Å². The maximum atomic E-state index is 12.6. The zero-order valence-corrected chi connectivity index (χ0v) is 12.3. The zero-order valence-electron chi connectivity index (χ0n) is 11.5. The smallest absolute Gasteiger partial charge is 0.416 e. The van der Waals surface area contributed by atoms with Crippen LogP contribution < -0.4 is 4.72 Å². The number of sulfonamides is 1. The number of hydrogen-bond acceptors (Lipinski definition) is 3. The van der Waals surface area contributed by atoms with Crippen molar-refractivity contribution in [2.45, 2.75) is 24.4 Å². The second kappa shape index (κ2) is 5.54. The van der Waals surface area contributed by atoms with Crippen LogP contribution in [0.1, 0.15) is 17.5 Å². The minimum atomic E-state index is -4.54. The monoisotopic (exact) mass is 337 g/mol. The first-order valence-corrected chi connectivity index (χ1v) is 7.91. The summed E-state index contributed by atoms with van der Waals surface area (Å²) < 4.78 is 64.2. The molecule has 0 heterocycles. The third-order valence-corrected chi connectivity index (χ3v) is 5.01. The molecule has 2 N–H and O–H groups in total. The van der Waals surface area contributed by atoms with Crippen LogP contribution in [-0.4, -0.2) is 26.0 Å². The molecule has 1 aliphatic rings. The molecule has 2 rings (SSSR count). The molecule has 1 aromatic carbocycles. The molecule has 1 aromatic rings. The van der Waals surface area contributed by atoms with Gasteiger partial charge in [0.05, 0.1) is 16.4 Å². The standard InChI is InChI=1S/C13H14F3NO4S/c1-7-4-9(2-3-11(7)13(14,15)16)22(20,21)17-6-8-5-10(8)12(18)19/h2-4,8,10,17H,5-6H2,1H3,(H,18,19)/t8-,10-/m0/s1. The maximum Gasteiger partial charge on any atom is 0.416 e. The van der Waals surface area contributed by atoms with Crippen molar-refractivity contribution in [1.29, 1.82) is 0 Å². The van der Waals surface area contributed by atoms with E-state index in [2.05, 4.69) is 4.72 Å². The van der Waals surface area contributed by atoms with E-state index in [0.29, 0.717) is 6.42 Å². The molecule has 1 fully saturated rings. The van der Waals surface area contributed by atoms with E-state index in [0.717, 1.165) is 18.2 Å². The lowest BCUT2D eigenvalue weighted by Crippen LogP contribution is -2.27. The van der Waals surface area contributed by atoms with Gasteiger partial charge in [0.25, 0.3) is 0 Å². The molecule has 22 heavy (non-hydrogen) atoms. The molecule has 1 aliphatic carbocycles. The van der Waals surface area contributed by atoms with Gasteiger partial charge in [0.2, 0.25) is 10.0 Å². The number of carbonyl (C=O) groups is 1. The number of halogens is 3. The molecule has 122 valence electrons. The van der Waals surface area contributed by atoms with Gasteiger partial charge >= 0.3 is 12.1 Å². The number of carboxylic acid groups (broad SMARTS) is 1. The molecule has 0 amide bonds. The number of hydrogen-bond donors (Lipinski definition) is 2. The number of aliphatic carboxylic acids is 1. The van der Waals surface area contributed by atoms with Crippen LogP contribution in [-0.2, 0) is 21.0 Å². The van der Waals surface area contributed by atoms with Crippen LogP contribution in [0.2, 0.25) is 0 Å². The van der Waals surface area contributed by atoms with E-state index < -0.39 is 33.7 Å². The largest absolute Gasteiger partial charge is 0.481 e. The predicted molar refractivity (Wildman–Crippen MR) is 70.6 cm³/mol. The molecular weight excluding hydrogens is 323 g/mol. The van der Waals surface area contributed by atoms with Gasteiger partial charge in [-0.2, -0.15) is 13.2 Å². The Morgan fingerprint density at radius 2 is 2.05 bits per heavy atom. The van der Waals surface area contributed by atoms with Crippen molar-refractivity contribution in [2.24, 2.45) is 11.8 Å². The van der Waals surface area contributed by atoms with Crippen molar-refractivity contribution >= 4 is 16.0 Å². The Kier molecular flexibility index (Phi) is 4.22. The molecule has 0 aromatic heterocycles. The van der Waals surface area contributed by atoms with Gasteiger partial charge in [0, 0.05) is 6.54 Å². The molecule has 0 radical (unpaired) electrons. The highest BCUT2D eigenvalue weighted by molar-refractivity contribution is 7.89. The summed E-state index contributed by atoms with van der Waals surface area (Å²) in [6.45, 7) is 1.14. The van der Waals surface area contributed by atoms with Crippen LogP contribution in [0.25, 0.3) is 0 Å². The molecule has 9 heteroatoms. The first kappa shape index (κ1) is 16.8. The van der Waals surface area contributed by atoms with E-state index in [1.54, 1.807) is 0 Å². The number of benzene rings is 1. The van der Waals surface area contributed by atoms with Gasteiger partial charge < -0.3 is 5.11 Å². The quantitative estimate of drug-likeness (QED) is 0.861. The van der Waals surface area contributed by atoms with E-state index in [-0.39, 0.29) is 22.9 Å². The van der Waals surface area contributed by atoms with Crippen LogP contribution in [0.15, 0.2) is 23.1 Å². The van der Waals surface area contributed by atoms with E-state index in [1.807, 2.05) is 0 Å². The van der Waals surface area contributed by atoms with Crippen LogP contribution in [0, 0.1) is 18.8 Å². The third kappa shape index (κ3) is 3.58. The topological polar surface area (TPSA) is 83.5 Å². The van der Waals surface area contributed by atoms with Crippen molar-refractivity contribution in [2.75, 3.05) is 6.54 Å². The van der Waals surface area contributed by atoms with E-state index >= 15 is 0 Å². The minimum absolute atomic E-state index is 0.0423. The number of alkyl halides is 3. The van der Waals surface area contributed by atoms with Gasteiger partial charge in [0.15, 0.2) is 0 Å². The Balaban J connectivity index is 2.10. The molecule has 1 saturated carbocycles. The normalized spacial score (nSPS) is 21.6. The van der Waals surface area contributed by atoms with Crippen LogP contribution in [0.5, 0.6) is 0 Å². The molecule has 0 spiro atoms. The third-order valence-electron chi connectivity index (χ3n) is 3.59. The lowest BCUT2D eigenvalue weighted by molar-refractivity contribution is -0.139. The summed E-state index contributed by atoms with van der Waals surface area (Å²) in [6.07, 6.45) is -4.15. The van der Waals surface area contributed by atoms with E-state index in [9.17, 15) is 26.4 Å². The lowest BCUT2D eigenvalue weighted by Gasteiger charge is -2.12. The minimum Gasteiger partial charge on any atom is -0.481 e. The van der Waals surface area contributed by atoms with Crippen molar-refractivity contribution < 1.29 is 31.5 Å². The summed E-state index contributed by atoms with van der Waals surface area (Å²) in [5, 5.41) is 8.73. The van der Waals surface area contributed by atoms with E-state index in [4.69, 9.17) is 5.11 Å². The first-order chi connectivity index (χ1) is 10.0. The molecule has 0 saturated heterocycles. The SMILES string of the molecule is Cc1cc(S(=O)(=O)NC[C@@H]2C[C@@H]2C(=O)O)ccc1C(F)(F)F. The maximum absolute atomic E-state index is 12.6. The Morgan fingerprint density at radius 3 is 2.50 bits per heavy atom. The second-order valence-electron chi connectivity index (χ2n) is 5.27. The Morgan fingerprint density at radius 1 is 1.41 bits per heavy atom. The zero-order chi connectivity index (χ0) is 16.7. The van der Waals surface area contributed by atoms with Gasteiger partial charge in [-0.3, -0.25) is 4.79 Å². The average Bonchev–Trinajstić information content (AvgIpc) is 3.14. The Hall–Kier alpha value is -1.61. The van der Waals surface area contributed by atoms with Gasteiger partial charge in [-0.25, -0.2) is 13.1 Å². The summed E-state index contributed by atoms with van der Waals surface area (Å²) >= 11 is 0. The molecule has 0 aliphatic heterocycles. The number of aryl methyl sites for hydroxylation is 1. The summed E-state index contributed by atoms with van der Waals surface area (Å²) in [5.74, 6) is -1.81. The lowest BCUT2D eigenvalue weighted by atomic mass is 10.1. The van der Waals surface area contributed by atoms with Crippen molar-refractivity contribution in [3.63, 3.8) is 0 Å². The highest BCUT2D eigenvalue weighted by atomic mass is 32.2. The average molecular weight is 337 g/mol. The molecule has 0 unspecified atom stereocenters. The fourth-order valence-electron chi connectivity index (χ4n) is 2.20. The molecular formula is C13H14F3NO4S. The Labute approximate surface area is 125 Å². The predicted octanol–water partition coefficient (Wildman–Crippen LogP) is 2.01. The Bertz CT molecular complexity index is 700.